The monoisotopic (exact) mass is 325 g/mol. The molecule has 1 aromatic carbocycles. The molecule has 0 amide bonds. The predicted octanol–water partition coefficient (Wildman–Crippen LogP) is 2.83. The number of para-hydroxylation sites is 1. The minimum atomic E-state index is -0.843. The summed E-state index contributed by atoms with van der Waals surface area (Å²) in [5.41, 5.74) is 6.98. The topological polar surface area (TPSA) is 81.8 Å². The van der Waals surface area contributed by atoms with E-state index in [1.165, 1.54) is 5.75 Å². The Morgan fingerprint density at radius 3 is 3.00 bits per heavy atom. The molecule has 1 fully saturated rings. The van der Waals surface area contributed by atoms with Crippen LogP contribution in [0.2, 0.25) is 0 Å². The molecule has 122 valence electrons. The van der Waals surface area contributed by atoms with Gasteiger partial charge in [0.25, 0.3) is 0 Å². The summed E-state index contributed by atoms with van der Waals surface area (Å²) in [5.74, 6) is 2.61. The van der Waals surface area contributed by atoms with E-state index in [1.807, 2.05) is 30.0 Å². The smallest absolute Gasteiger partial charge is 0.303 e. The third-order valence-electron chi connectivity index (χ3n) is 3.70. The van der Waals surface area contributed by atoms with Gasteiger partial charge in [0.1, 0.15) is 6.10 Å². The number of rotatable bonds is 7. The molecule has 22 heavy (non-hydrogen) atoms. The minimum Gasteiger partial charge on any atom is -0.493 e. The lowest BCUT2D eigenvalue weighted by Gasteiger charge is -2.26. The number of carboxylic acids is 1. The summed E-state index contributed by atoms with van der Waals surface area (Å²) in [4.78, 5) is 10.7. The molecule has 6 heteroatoms. The van der Waals surface area contributed by atoms with Gasteiger partial charge in [-0.05, 0) is 31.1 Å². The van der Waals surface area contributed by atoms with Crippen LogP contribution in [-0.4, -0.2) is 35.8 Å². The van der Waals surface area contributed by atoms with E-state index in [1.54, 1.807) is 7.11 Å². The molecule has 1 heterocycles. The lowest BCUT2D eigenvalue weighted by molar-refractivity contribution is -0.137. The second-order valence-corrected chi connectivity index (χ2v) is 6.52. The van der Waals surface area contributed by atoms with Crippen LogP contribution in [0.1, 0.15) is 37.3 Å². The predicted molar refractivity (Wildman–Crippen MR) is 87.8 cm³/mol. The molecular formula is C16H23NO4S. The highest BCUT2D eigenvalue weighted by molar-refractivity contribution is 7.99. The van der Waals surface area contributed by atoms with E-state index in [0.717, 1.165) is 24.2 Å². The standard InChI is InChI=1S/C16H23NO4S/c1-20-14-6-2-5-12(13(17)7-8-15(18)19)16(14)21-11-4-3-9-22-10-11/h2,5-6,11,13H,3-4,7-10,17H2,1H3,(H,18,19). The Kier molecular flexibility index (Phi) is 6.39. The zero-order valence-electron chi connectivity index (χ0n) is 12.8. The van der Waals surface area contributed by atoms with Gasteiger partial charge >= 0.3 is 5.97 Å². The highest BCUT2D eigenvalue weighted by atomic mass is 32.2. The summed E-state index contributed by atoms with van der Waals surface area (Å²) in [6, 6.07) is 5.22. The number of carbonyl (C=O) groups is 1. The van der Waals surface area contributed by atoms with Crippen molar-refractivity contribution in [3.8, 4) is 11.5 Å². The summed E-state index contributed by atoms with van der Waals surface area (Å²) >= 11 is 1.89. The number of hydrogen-bond donors (Lipinski definition) is 2. The Morgan fingerprint density at radius 2 is 2.36 bits per heavy atom. The highest BCUT2D eigenvalue weighted by Gasteiger charge is 2.22. The molecule has 3 N–H and O–H groups in total. The first-order valence-electron chi connectivity index (χ1n) is 7.50. The molecule has 1 aliphatic heterocycles. The zero-order valence-corrected chi connectivity index (χ0v) is 13.6. The van der Waals surface area contributed by atoms with Crippen LogP contribution in [0.3, 0.4) is 0 Å². The summed E-state index contributed by atoms with van der Waals surface area (Å²) in [5, 5.41) is 8.83. The van der Waals surface area contributed by atoms with Crippen molar-refractivity contribution in [3.63, 3.8) is 0 Å². The van der Waals surface area contributed by atoms with Crippen molar-refractivity contribution < 1.29 is 19.4 Å². The van der Waals surface area contributed by atoms with E-state index in [9.17, 15) is 4.79 Å². The van der Waals surface area contributed by atoms with E-state index in [2.05, 4.69) is 0 Å². The van der Waals surface area contributed by atoms with Crippen molar-refractivity contribution in [2.45, 2.75) is 37.8 Å². The average molecular weight is 325 g/mol. The van der Waals surface area contributed by atoms with Gasteiger partial charge in [-0.15, -0.1) is 0 Å². The maximum absolute atomic E-state index is 10.7. The number of methoxy groups -OCH3 is 1. The molecule has 1 aliphatic rings. The Bertz CT molecular complexity index is 503. The molecule has 0 aromatic heterocycles. The number of aliphatic carboxylic acids is 1. The lowest BCUT2D eigenvalue weighted by atomic mass is 10.0. The quantitative estimate of drug-likeness (QED) is 0.802. The van der Waals surface area contributed by atoms with E-state index in [0.29, 0.717) is 17.9 Å². The van der Waals surface area contributed by atoms with Gasteiger partial charge < -0.3 is 20.3 Å². The van der Waals surface area contributed by atoms with Crippen molar-refractivity contribution in [2.75, 3.05) is 18.6 Å². The number of hydrogen-bond acceptors (Lipinski definition) is 5. The fourth-order valence-corrected chi connectivity index (χ4v) is 3.55. The van der Waals surface area contributed by atoms with Gasteiger partial charge in [0.15, 0.2) is 11.5 Å². The van der Waals surface area contributed by atoms with Crippen molar-refractivity contribution in [3.05, 3.63) is 23.8 Å². The third kappa shape index (κ3) is 4.55. The van der Waals surface area contributed by atoms with Crippen LogP contribution in [0.4, 0.5) is 0 Å². The summed E-state index contributed by atoms with van der Waals surface area (Å²) in [6.45, 7) is 0. The largest absolute Gasteiger partial charge is 0.493 e. The van der Waals surface area contributed by atoms with Crippen molar-refractivity contribution in [1.29, 1.82) is 0 Å². The molecule has 0 spiro atoms. The molecule has 0 bridgehead atoms. The second kappa shape index (κ2) is 8.29. The van der Waals surface area contributed by atoms with Crippen LogP contribution < -0.4 is 15.2 Å². The summed E-state index contributed by atoms with van der Waals surface area (Å²) in [7, 11) is 1.60. The molecule has 2 unspecified atom stereocenters. The van der Waals surface area contributed by atoms with E-state index < -0.39 is 5.97 Å². The van der Waals surface area contributed by atoms with Crippen LogP contribution >= 0.6 is 11.8 Å². The van der Waals surface area contributed by atoms with Crippen molar-refractivity contribution >= 4 is 17.7 Å². The van der Waals surface area contributed by atoms with Gasteiger partial charge in [-0.3, -0.25) is 4.79 Å². The third-order valence-corrected chi connectivity index (χ3v) is 4.89. The highest BCUT2D eigenvalue weighted by Crippen LogP contribution is 2.37. The Morgan fingerprint density at radius 1 is 1.55 bits per heavy atom. The average Bonchev–Trinajstić information content (AvgIpc) is 2.53. The lowest BCUT2D eigenvalue weighted by Crippen LogP contribution is -2.25. The number of thioether (sulfide) groups is 1. The van der Waals surface area contributed by atoms with Gasteiger partial charge in [-0.1, -0.05) is 12.1 Å². The Hall–Kier alpha value is -1.40. The molecule has 1 saturated heterocycles. The molecule has 0 aliphatic carbocycles. The first kappa shape index (κ1) is 17.0. The maximum atomic E-state index is 10.7. The van der Waals surface area contributed by atoms with Crippen molar-refractivity contribution in [2.24, 2.45) is 5.73 Å². The number of benzene rings is 1. The van der Waals surface area contributed by atoms with Gasteiger partial charge in [-0.2, -0.15) is 11.8 Å². The van der Waals surface area contributed by atoms with E-state index in [-0.39, 0.29) is 18.6 Å². The fourth-order valence-electron chi connectivity index (χ4n) is 2.52. The fraction of sp³-hybridized carbons (Fsp3) is 0.562. The SMILES string of the molecule is COc1cccc(C(N)CCC(=O)O)c1OC1CCCSC1. The number of carboxylic acid groups (broad SMARTS) is 1. The van der Waals surface area contributed by atoms with E-state index >= 15 is 0 Å². The van der Waals surface area contributed by atoms with E-state index in [4.69, 9.17) is 20.3 Å². The zero-order chi connectivity index (χ0) is 15.9. The molecule has 1 aromatic rings. The number of ether oxygens (including phenoxy) is 2. The summed E-state index contributed by atoms with van der Waals surface area (Å²) < 4.78 is 11.6. The van der Waals surface area contributed by atoms with Crippen molar-refractivity contribution in [1.82, 2.24) is 0 Å². The Labute approximate surface area is 135 Å². The van der Waals surface area contributed by atoms with Gasteiger partial charge in [0.05, 0.1) is 7.11 Å². The minimum absolute atomic E-state index is 0.0388. The molecule has 0 radical (unpaired) electrons. The van der Waals surface area contributed by atoms with Crippen LogP contribution in [0, 0.1) is 0 Å². The van der Waals surface area contributed by atoms with Gasteiger partial charge in [0.2, 0.25) is 0 Å². The molecular weight excluding hydrogens is 302 g/mol. The van der Waals surface area contributed by atoms with Crippen LogP contribution in [-0.2, 0) is 4.79 Å². The Balaban J connectivity index is 2.18. The van der Waals surface area contributed by atoms with Crippen LogP contribution in [0.25, 0.3) is 0 Å². The number of nitrogens with two attached hydrogens (primary N) is 1. The molecule has 2 atom stereocenters. The van der Waals surface area contributed by atoms with Crippen LogP contribution in [0.5, 0.6) is 11.5 Å². The molecule has 2 rings (SSSR count). The second-order valence-electron chi connectivity index (χ2n) is 5.37. The first-order chi connectivity index (χ1) is 10.6. The van der Waals surface area contributed by atoms with Crippen LogP contribution in [0.15, 0.2) is 18.2 Å². The van der Waals surface area contributed by atoms with Gasteiger partial charge in [-0.25, -0.2) is 0 Å². The van der Waals surface area contributed by atoms with Gasteiger partial charge in [0, 0.05) is 23.8 Å². The molecule has 0 saturated carbocycles. The first-order valence-corrected chi connectivity index (χ1v) is 8.66. The maximum Gasteiger partial charge on any atom is 0.303 e. The summed E-state index contributed by atoms with van der Waals surface area (Å²) in [6.07, 6.45) is 2.73. The molecule has 5 nitrogen and oxygen atoms in total. The normalized spacial score (nSPS) is 19.5.